The minimum Gasteiger partial charge on any atom is -0.378 e. The molecule has 0 aliphatic heterocycles. The molecule has 0 aliphatic rings. The molecule has 0 fully saturated rings. The van der Waals surface area contributed by atoms with Crippen molar-refractivity contribution in [2.24, 2.45) is 0 Å². The Labute approximate surface area is 247 Å². The summed E-state index contributed by atoms with van der Waals surface area (Å²) >= 11 is 7.21. The second-order valence-corrected chi connectivity index (χ2v) is 10.6. The maximum absolute atomic E-state index is 7.21. The van der Waals surface area contributed by atoms with E-state index in [-0.39, 0.29) is 5.92 Å². The molecule has 0 aliphatic carbocycles. The van der Waals surface area contributed by atoms with Gasteiger partial charge in [-0.15, -0.1) is 0 Å². The van der Waals surface area contributed by atoms with E-state index in [1.165, 1.54) is 11.8 Å². The highest BCUT2D eigenvalue weighted by molar-refractivity contribution is 6.36. The van der Waals surface area contributed by atoms with E-state index in [4.69, 9.17) is 22.0 Å². The molecule has 41 heavy (non-hydrogen) atoms. The number of allylic oxidation sites excluding steroid dienone is 1. The molecule has 2 N–H and O–H groups in total. The van der Waals surface area contributed by atoms with E-state index in [9.17, 15) is 0 Å². The maximum Gasteiger partial charge on any atom is 0.0720 e. The van der Waals surface area contributed by atoms with Gasteiger partial charge in [0.15, 0.2) is 0 Å². The SMILES string of the molecule is CCc1nc2ccc(C(c3ccc(N(C)C)cc3)c3cccnc3)cc2c(Cl)c1Cc1ccc(N/C=C\C=N)cc1. The number of hydrogen-bond acceptors (Lipinski definition) is 5. The van der Waals surface area contributed by atoms with Gasteiger partial charge in [0.05, 0.1) is 10.5 Å². The quantitative estimate of drug-likeness (QED) is 0.169. The van der Waals surface area contributed by atoms with E-state index in [1.54, 1.807) is 12.3 Å². The second-order valence-electron chi connectivity index (χ2n) is 10.2. The lowest BCUT2D eigenvalue weighted by Gasteiger charge is -2.21. The number of halogens is 1. The number of hydrogen-bond donors (Lipinski definition) is 2. The van der Waals surface area contributed by atoms with Crippen LogP contribution in [0.1, 0.15) is 46.4 Å². The Bertz CT molecular complexity index is 1660. The summed E-state index contributed by atoms with van der Waals surface area (Å²) in [5.41, 5.74) is 9.76. The summed E-state index contributed by atoms with van der Waals surface area (Å²) in [6, 6.07) is 27.6. The number of nitrogens with one attached hydrogen (secondary N) is 2. The first-order chi connectivity index (χ1) is 20.0. The van der Waals surface area contributed by atoms with Crippen LogP contribution >= 0.6 is 11.6 Å². The van der Waals surface area contributed by atoms with Gasteiger partial charge >= 0.3 is 0 Å². The topological polar surface area (TPSA) is 64.9 Å². The van der Waals surface area contributed by atoms with Crippen LogP contribution in [0.15, 0.2) is 104 Å². The molecule has 0 spiro atoms. The fourth-order valence-corrected chi connectivity index (χ4v) is 5.51. The van der Waals surface area contributed by atoms with Crippen molar-refractivity contribution in [2.75, 3.05) is 24.3 Å². The van der Waals surface area contributed by atoms with Crippen LogP contribution in [-0.4, -0.2) is 30.3 Å². The van der Waals surface area contributed by atoms with Crippen molar-refractivity contribution in [2.45, 2.75) is 25.7 Å². The van der Waals surface area contributed by atoms with Crippen molar-refractivity contribution in [3.8, 4) is 0 Å². The molecule has 1 atom stereocenters. The molecule has 0 amide bonds. The van der Waals surface area contributed by atoms with E-state index in [2.05, 4.69) is 96.9 Å². The van der Waals surface area contributed by atoms with Crippen LogP contribution in [0.4, 0.5) is 11.4 Å². The largest absolute Gasteiger partial charge is 0.378 e. The number of aromatic nitrogens is 2. The molecule has 3 aromatic carbocycles. The Morgan fingerprint density at radius 2 is 1.71 bits per heavy atom. The Hall–Kier alpha value is -4.48. The molecule has 206 valence electrons. The van der Waals surface area contributed by atoms with Crippen LogP contribution in [-0.2, 0) is 12.8 Å². The van der Waals surface area contributed by atoms with Gasteiger partial charge in [-0.1, -0.05) is 54.9 Å². The summed E-state index contributed by atoms with van der Waals surface area (Å²) in [5, 5.41) is 12.0. The van der Waals surface area contributed by atoms with Crippen LogP contribution in [0, 0.1) is 5.41 Å². The lowest BCUT2D eigenvalue weighted by molar-refractivity contribution is 0.961. The molecule has 2 heterocycles. The van der Waals surface area contributed by atoms with E-state index in [1.807, 2.05) is 30.6 Å². The third-order valence-corrected chi connectivity index (χ3v) is 7.76. The third kappa shape index (κ3) is 6.31. The van der Waals surface area contributed by atoms with Gasteiger partial charge in [0, 0.05) is 73.7 Å². The van der Waals surface area contributed by atoms with Crippen molar-refractivity contribution < 1.29 is 0 Å². The first-order valence-corrected chi connectivity index (χ1v) is 14.2. The van der Waals surface area contributed by atoms with Gasteiger partial charge in [0.1, 0.15) is 0 Å². The number of rotatable bonds is 10. The predicted octanol–water partition coefficient (Wildman–Crippen LogP) is 8.26. The minimum absolute atomic E-state index is 0.0106. The highest BCUT2D eigenvalue weighted by Gasteiger charge is 2.20. The van der Waals surface area contributed by atoms with Gasteiger partial charge in [-0.2, -0.15) is 0 Å². The maximum atomic E-state index is 7.21. The van der Waals surface area contributed by atoms with Crippen molar-refractivity contribution >= 4 is 40.1 Å². The normalized spacial score (nSPS) is 12.0. The standard InChI is InChI=1S/C35H34ClN5/c1-4-32-30(21-24-8-13-28(14-9-24)39-20-6-18-37)35(36)31-22-26(12-17-33(31)40-32)34(27-7-5-19-38-23-27)25-10-15-29(16-11-25)41(2)3/h5-20,22-23,34,37,39H,4,21H2,1-3H3/b20-6-,37-18?. The van der Waals surface area contributed by atoms with Gasteiger partial charge in [-0.25, -0.2) is 0 Å². The van der Waals surface area contributed by atoms with Crippen molar-refractivity contribution in [1.82, 2.24) is 9.97 Å². The van der Waals surface area contributed by atoms with Crippen LogP contribution in [0.25, 0.3) is 10.9 Å². The lowest BCUT2D eigenvalue weighted by atomic mass is 9.85. The molecule has 5 nitrogen and oxygen atoms in total. The zero-order chi connectivity index (χ0) is 28.8. The minimum atomic E-state index is 0.0106. The summed E-state index contributed by atoms with van der Waals surface area (Å²) in [7, 11) is 4.10. The van der Waals surface area contributed by atoms with Crippen LogP contribution in [0.5, 0.6) is 0 Å². The number of benzene rings is 3. The first kappa shape index (κ1) is 28.1. The van der Waals surface area contributed by atoms with Crippen LogP contribution in [0.3, 0.4) is 0 Å². The fourth-order valence-electron chi connectivity index (χ4n) is 5.19. The van der Waals surface area contributed by atoms with Gasteiger partial charge < -0.3 is 15.6 Å². The molecule has 6 heteroatoms. The summed E-state index contributed by atoms with van der Waals surface area (Å²) in [6.45, 7) is 2.13. The predicted molar refractivity (Wildman–Crippen MR) is 173 cm³/mol. The third-order valence-electron chi connectivity index (χ3n) is 7.33. The summed E-state index contributed by atoms with van der Waals surface area (Å²) in [4.78, 5) is 11.6. The van der Waals surface area contributed by atoms with E-state index in [0.717, 1.165) is 61.7 Å². The highest BCUT2D eigenvalue weighted by Crippen LogP contribution is 2.37. The first-order valence-electron chi connectivity index (χ1n) is 13.8. The molecule has 5 aromatic rings. The average Bonchev–Trinajstić information content (AvgIpc) is 3.00. The zero-order valence-electron chi connectivity index (χ0n) is 23.6. The molecular weight excluding hydrogens is 526 g/mol. The number of nitrogens with zero attached hydrogens (tertiary/aromatic N) is 3. The number of pyridine rings is 2. The Kier molecular flexibility index (Phi) is 8.76. The van der Waals surface area contributed by atoms with Gasteiger partial charge in [-0.3, -0.25) is 9.97 Å². The van der Waals surface area contributed by atoms with Gasteiger partial charge in [0.25, 0.3) is 0 Å². The van der Waals surface area contributed by atoms with Crippen molar-refractivity contribution in [1.29, 1.82) is 5.41 Å². The van der Waals surface area contributed by atoms with Crippen LogP contribution in [0.2, 0.25) is 5.02 Å². The number of aryl methyl sites for hydroxylation is 1. The Morgan fingerprint density at radius 3 is 2.37 bits per heavy atom. The van der Waals surface area contributed by atoms with E-state index in [0.29, 0.717) is 6.42 Å². The lowest BCUT2D eigenvalue weighted by Crippen LogP contribution is -2.09. The Balaban J connectivity index is 1.55. The molecule has 0 saturated carbocycles. The monoisotopic (exact) mass is 559 g/mol. The molecule has 0 bridgehead atoms. The molecule has 0 saturated heterocycles. The fraction of sp³-hybridized carbons (Fsp3) is 0.171. The summed E-state index contributed by atoms with van der Waals surface area (Å²) < 4.78 is 0. The van der Waals surface area contributed by atoms with Gasteiger partial charge in [0.2, 0.25) is 0 Å². The molecule has 5 rings (SSSR count). The smallest absolute Gasteiger partial charge is 0.0720 e. The summed E-state index contributed by atoms with van der Waals surface area (Å²) in [5.74, 6) is 0.0106. The van der Waals surface area contributed by atoms with Crippen molar-refractivity contribution in [3.05, 3.63) is 142 Å². The van der Waals surface area contributed by atoms with Crippen LogP contribution < -0.4 is 10.2 Å². The average molecular weight is 560 g/mol. The number of fused-ring (bicyclic) bond motifs is 1. The van der Waals surface area contributed by atoms with E-state index < -0.39 is 0 Å². The van der Waals surface area contributed by atoms with E-state index >= 15 is 0 Å². The molecular formula is C35H34ClN5. The molecule has 2 aromatic heterocycles. The van der Waals surface area contributed by atoms with Gasteiger partial charge in [-0.05, 0) is 82.8 Å². The summed E-state index contributed by atoms with van der Waals surface area (Å²) in [6.07, 6.45) is 9.89. The zero-order valence-corrected chi connectivity index (χ0v) is 24.4. The second kappa shape index (κ2) is 12.8. The highest BCUT2D eigenvalue weighted by atomic mass is 35.5. The number of anilines is 2. The van der Waals surface area contributed by atoms with Crippen molar-refractivity contribution in [3.63, 3.8) is 0 Å². The Morgan fingerprint density at radius 1 is 0.951 bits per heavy atom. The molecule has 0 radical (unpaired) electrons. The molecule has 1 unspecified atom stereocenters.